The minimum Gasteiger partial charge on any atom is -0.491 e. The van der Waals surface area contributed by atoms with Gasteiger partial charge in [0.1, 0.15) is 5.82 Å². The maximum Gasteiger partial charge on any atom is 0.200 e. The molecule has 0 radical (unpaired) electrons. The second kappa shape index (κ2) is 33.0. The van der Waals surface area contributed by atoms with Crippen molar-refractivity contribution in [2.24, 2.45) is 53.3 Å². The topological polar surface area (TPSA) is 9.23 Å². The molecule has 0 atom stereocenters. The summed E-state index contributed by atoms with van der Waals surface area (Å²) in [7, 11) is 0. The molecule has 6 saturated carbocycles. The normalized spacial score (nSPS) is 29.9. The van der Waals surface area contributed by atoms with Crippen molar-refractivity contribution < 1.29 is 17.9 Å². The van der Waals surface area contributed by atoms with Gasteiger partial charge in [0.2, 0.25) is 5.82 Å². The summed E-state index contributed by atoms with van der Waals surface area (Å²) in [5, 5.41) is 0. The van der Waals surface area contributed by atoms with E-state index >= 15 is 4.39 Å². The number of ether oxygens (including phenoxy) is 1. The molecule has 0 spiro atoms. The van der Waals surface area contributed by atoms with Gasteiger partial charge in [-0.2, -0.15) is 4.39 Å². The molecule has 0 amide bonds. The smallest absolute Gasteiger partial charge is 0.200 e. The van der Waals surface area contributed by atoms with Crippen LogP contribution in [0.3, 0.4) is 0 Å². The first-order valence-electron chi connectivity index (χ1n) is 33.3. The van der Waals surface area contributed by atoms with E-state index in [0.29, 0.717) is 24.0 Å². The van der Waals surface area contributed by atoms with Crippen LogP contribution in [0.25, 0.3) is 11.1 Å². The monoisotopic (exact) mass is 1060 g/mol. The molecular weight excluding hydrogens is 950 g/mol. The molecule has 6 aliphatic carbocycles. The van der Waals surface area contributed by atoms with E-state index in [1.807, 2.05) is 0 Å². The van der Waals surface area contributed by atoms with Gasteiger partial charge in [-0.1, -0.05) is 172 Å². The highest BCUT2D eigenvalue weighted by Gasteiger charge is 2.34. The highest BCUT2D eigenvalue weighted by molar-refractivity contribution is 5.64. The lowest BCUT2D eigenvalue weighted by Gasteiger charge is -2.38. The molecule has 3 aromatic rings. The lowest BCUT2D eigenvalue weighted by Crippen LogP contribution is -2.25. The van der Waals surface area contributed by atoms with Gasteiger partial charge in [0.25, 0.3) is 0 Å². The average Bonchev–Trinajstić information content (AvgIpc) is 3.47. The number of unbranched alkanes of at least 4 members (excludes halogenated alkanes) is 2. The second-order valence-corrected chi connectivity index (χ2v) is 26.2. The molecule has 6 fully saturated rings. The summed E-state index contributed by atoms with van der Waals surface area (Å²) >= 11 is 0. The van der Waals surface area contributed by atoms with Crippen LogP contribution in [0, 0.1) is 70.7 Å². The van der Waals surface area contributed by atoms with Gasteiger partial charge in [0.05, 0.1) is 6.61 Å². The van der Waals surface area contributed by atoms with Gasteiger partial charge in [0.15, 0.2) is 11.6 Å². The Bertz CT molecular complexity index is 2090. The van der Waals surface area contributed by atoms with Crippen LogP contribution >= 0.6 is 0 Å². The van der Waals surface area contributed by atoms with Crippen molar-refractivity contribution in [1.82, 2.24) is 0 Å². The number of benzene rings is 3. The predicted octanol–water partition coefficient (Wildman–Crippen LogP) is 23.6. The fourth-order valence-electron chi connectivity index (χ4n) is 16.4. The minimum absolute atomic E-state index is 0.00485. The van der Waals surface area contributed by atoms with E-state index in [2.05, 4.69) is 83.2 Å². The Labute approximate surface area is 471 Å². The minimum atomic E-state index is -0.817. The molecule has 0 saturated heterocycles. The third-order valence-corrected chi connectivity index (χ3v) is 21.1. The second-order valence-electron chi connectivity index (χ2n) is 26.2. The molecule has 0 unspecified atom stereocenters. The van der Waals surface area contributed by atoms with E-state index in [1.165, 1.54) is 185 Å². The summed E-state index contributed by atoms with van der Waals surface area (Å²) in [5.74, 6) is 8.38. The zero-order valence-corrected chi connectivity index (χ0v) is 50.1. The summed E-state index contributed by atoms with van der Waals surface area (Å²) in [6.45, 7) is 13.5. The lowest BCUT2D eigenvalue weighted by molar-refractivity contribution is 0.152. The van der Waals surface area contributed by atoms with Gasteiger partial charge >= 0.3 is 0 Å². The van der Waals surface area contributed by atoms with E-state index in [4.69, 9.17) is 4.74 Å². The first-order valence-corrected chi connectivity index (χ1v) is 33.3. The highest BCUT2D eigenvalue weighted by atomic mass is 19.2. The molecule has 77 heavy (non-hydrogen) atoms. The van der Waals surface area contributed by atoms with Crippen molar-refractivity contribution in [2.45, 2.75) is 278 Å². The number of allylic oxidation sites excluding steroid dienone is 2. The fourth-order valence-corrected chi connectivity index (χ4v) is 16.4. The molecule has 9 rings (SSSR count). The molecule has 0 aromatic heterocycles. The number of rotatable bonds is 19. The van der Waals surface area contributed by atoms with Crippen LogP contribution < -0.4 is 4.74 Å². The largest absolute Gasteiger partial charge is 0.491 e. The van der Waals surface area contributed by atoms with Crippen molar-refractivity contribution in [3.05, 3.63) is 101 Å². The van der Waals surface area contributed by atoms with E-state index in [9.17, 15) is 8.78 Å². The Hall–Kier alpha value is -3.01. The molecule has 0 N–H and O–H groups in total. The zero-order chi connectivity index (χ0) is 54.4. The van der Waals surface area contributed by atoms with Crippen LogP contribution in [0.5, 0.6) is 5.75 Å². The maximum absolute atomic E-state index is 15.0. The zero-order valence-electron chi connectivity index (χ0n) is 50.1. The first-order chi connectivity index (χ1) is 37.6. The van der Waals surface area contributed by atoms with Gasteiger partial charge in [-0.15, -0.1) is 0 Å². The van der Waals surface area contributed by atoms with Crippen molar-refractivity contribution >= 4 is 0 Å². The number of halogens is 3. The van der Waals surface area contributed by atoms with Crippen LogP contribution in [0.2, 0.25) is 0 Å². The van der Waals surface area contributed by atoms with Gasteiger partial charge in [-0.05, 0) is 253 Å². The van der Waals surface area contributed by atoms with Gasteiger partial charge in [0, 0.05) is 0 Å². The number of hydrogen-bond acceptors (Lipinski definition) is 1. The van der Waals surface area contributed by atoms with Crippen LogP contribution in [-0.2, 0) is 0 Å². The first kappa shape index (κ1) is 61.6. The van der Waals surface area contributed by atoms with E-state index < -0.39 is 11.6 Å². The lowest BCUT2D eigenvalue weighted by atomic mass is 9.68. The third kappa shape index (κ3) is 18.5. The molecule has 430 valence electrons. The predicted molar refractivity (Wildman–Crippen MR) is 323 cm³/mol. The average molecular weight is 1060 g/mol. The van der Waals surface area contributed by atoms with Crippen molar-refractivity contribution in [2.75, 3.05) is 6.61 Å². The molecule has 0 bridgehead atoms. The Morgan fingerprint density at radius 2 is 0.844 bits per heavy atom. The maximum atomic E-state index is 15.0. The Morgan fingerprint density at radius 1 is 0.416 bits per heavy atom. The highest BCUT2D eigenvalue weighted by Crippen LogP contribution is 2.47. The summed E-state index contributed by atoms with van der Waals surface area (Å²) in [6, 6.07) is 18.3. The molecular formula is C73H111F3O. The van der Waals surface area contributed by atoms with Gasteiger partial charge in [-0.25, -0.2) is 8.78 Å². The SMILES string of the molecule is C/C=C/C1CCC(C2CCC(CCC)CC2)CC1.CCCC1CCC(c2ccc(-c3ccc(C4CCC(CCC)CC4)c(F)c3)cc2)CC1.CCCCCC1CCC(C2CCC(c3ccc(OCC)c(F)c3F)CC2)CC1. The fraction of sp³-hybridized carbons (Fsp3) is 0.726. The van der Waals surface area contributed by atoms with Crippen LogP contribution in [0.15, 0.2) is 66.7 Å². The molecule has 3 aromatic carbocycles. The molecule has 4 heteroatoms. The molecule has 1 nitrogen and oxygen atoms in total. The summed E-state index contributed by atoms with van der Waals surface area (Å²) in [4.78, 5) is 0. The van der Waals surface area contributed by atoms with Crippen molar-refractivity contribution in [3.8, 4) is 16.9 Å². The molecule has 0 aliphatic heterocycles. The number of hydrogen-bond donors (Lipinski definition) is 0. The summed E-state index contributed by atoms with van der Waals surface area (Å²) in [6.07, 6.45) is 50.7. The van der Waals surface area contributed by atoms with E-state index in [0.717, 1.165) is 95.6 Å². The Morgan fingerprint density at radius 3 is 1.32 bits per heavy atom. The molecule has 0 heterocycles. The standard InChI is InChI=1S/C30H41F.C25H38F2O.C18H32/c1-3-5-22-7-11-24(12-8-22)25-15-17-26(18-16-25)28-19-20-29(30(31)21-28)27-13-9-23(6-4-2)10-14-27;1-3-5-6-7-18-8-10-19(11-9-18)20-12-14-21(15-13-20)22-16-17-23(28-4-2)25(27)24(22)26;1-3-5-15-7-11-17(12-8-15)18-13-9-16(6-4-2)10-14-18/h15-24,27H,3-14H2,1-2H3;16-21H,3-15H2,1-2H3;3,5,15-18H,4,6-14H2,1-2H3/b;;5-3+. The van der Waals surface area contributed by atoms with Crippen LogP contribution in [0.1, 0.15) is 294 Å². The quantitative estimate of drug-likeness (QED) is 0.0859. The van der Waals surface area contributed by atoms with Gasteiger partial charge < -0.3 is 4.74 Å². The molecule has 6 aliphatic rings. The Kier molecular flexibility index (Phi) is 26.4. The Balaban J connectivity index is 0.000000174. The van der Waals surface area contributed by atoms with Gasteiger partial charge in [-0.3, -0.25) is 0 Å². The van der Waals surface area contributed by atoms with Crippen LogP contribution in [0.4, 0.5) is 13.2 Å². The summed E-state index contributed by atoms with van der Waals surface area (Å²) < 4.78 is 49.0. The van der Waals surface area contributed by atoms with Crippen molar-refractivity contribution in [1.29, 1.82) is 0 Å². The third-order valence-electron chi connectivity index (χ3n) is 21.1. The van der Waals surface area contributed by atoms with Crippen molar-refractivity contribution in [3.63, 3.8) is 0 Å². The van der Waals surface area contributed by atoms with E-state index in [1.54, 1.807) is 38.0 Å². The van der Waals surface area contributed by atoms with E-state index in [-0.39, 0.29) is 17.5 Å². The summed E-state index contributed by atoms with van der Waals surface area (Å²) in [5.41, 5.74) is 5.12. The van der Waals surface area contributed by atoms with Crippen LogP contribution in [-0.4, -0.2) is 6.61 Å².